The predicted molar refractivity (Wildman–Crippen MR) is 107 cm³/mol. The molecule has 3 N–H and O–H groups in total. The average Bonchev–Trinajstić information content (AvgIpc) is 2.71. The number of rotatable bonds is 0. The first-order valence-corrected chi connectivity index (χ1v) is 8.94. The fraction of sp³-hybridized carbons (Fsp3) is 0.200. The Labute approximate surface area is 162 Å². The van der Waals surface area contributed by atoms with Gasteiger partial charge in [-0.15, -0.1) is 0 Å². The largest absolute Gasteiger partial charge is 0.493 e. The highest BCUT2D eigenvalue weighted by molar-refractivity contribution is 6.07. The maximum absolute atomic E-state index is 12.9. The molecule has 2 bridgehead atoms. The van der Waals surface area contributed by atoms with Crippen LogP contribution in [-0.2, 0) is 0 Å². The third-order valence-electron chi connectivity index (χ3n) is 4.53. The van der Waals surface area contributed by atoms with E-state index in [0.717, 1.165) is 24.2 Å². The van der Waals surface area contributed by atoms with Crippen LogP contribution in [0.3, 0.4) is 0 Å². The van der Waals surface area contributed by atoms with Gasteiger partial charge < -0.3 is 20.7 Å². The molecule has 0 saturated heterocycles. The van der Waals surface area contributed by atoms with E-state index in [1.807, 2.05) is 42.3 Å². The van der Waals surface area contributed by atoms with Crippen molar-refractivity contribution in [1.29, 1.82) is 0 Å². The molecular formula is C20H20N6O2. The van der Waals surface area contributed by atoms with E-state index in [-0.39, 0.29) is 11.5 Å². The Hall–Kier alpha value is -3.68. The maximum atomic E-state index is 12.9. The lowest BCUT2D eigenvalue weighted by molar-refractivity contribution is 0.102. The monoisotopic (exact) mass is 376 g/mol. The summed E-state index contributed by atoms with van der Waals surface area (Å²) in [6.07, 6.45) is 5.64. The highest BCUT2D eigenvalue weighted by Gasteiger charge is 2.19. The number of nitrogens with one attached hydrogen (secondary N) is 1. The number of carbonyl (C=O) groups excluding carboxylic acids is 1. The number of nitrogens with two attached hydrogens (primary N) is 1. The van der Waals surface area contributed by atoms with Gasteiger partial charge in [-0.3, -0.25) is 9.78 Å². The number of nitrogens with zero attached hydrogens (tertiary/aromatic N) is 4. The molecule has 3 aromatic rings. The number of hydrogen-bond acceptors (Lipinski definition) is 7. The molecule has 4 rings (SSSR count). The maximum Gasteiger partial charge on any atom is 0.278 e. The fourth-order valence-electron chi connectivity index (χ4n) is 3.10. The number of carbonyl (C=O) groups is 1. The lowest BCUT2D eigenvalue weighted by atomic mass is 10.1. The summed E-state index contributed by atoms with van der Waals surface area (Å²) in [6, 6.07) is 9.40. The molecule has 1 aromatic carbocycles. The van der Waals surface area contributed by atoms with Crippen LogP contribution in [0.5, 0.6) is 5.75 Å². The number of aromatic nitrogens is 3. The topological polar surface area (TPSA) is 106 Å². The number of fused-ring (bicyclic) bond motifs is 5. The Morgan fingerprint density at radius 1 is 1.21 bits per heavy atom. The van der Waals surface area contributed by atoms with Gasteiger partial charge in [0.05, 0.1) is 36.1 Å². The van der Waals surface area contributed by atoms with Crippen molar-refractivity contribution in [2.24, 2.45) is 0 Å². The molecule has 0 fully saturated rings. The van der Waals surface area contributed by atoms with Crippen molar-refractivity contribution < 1.29 is 9.53 Å². The van der Waals surface area contributed by atoms with E-state index in [0.29, 0.717) is 23.7 Å². The SMILES string of the molecule is CN1CCCOc2ccccc2-c2cnc(N)c(n2)C(=O)Nc2cnccc21. The van der Waals surface area contributed by atoms with Crippen molar-refractivity contribution in [3.63, 3.8) is 0 Å². The number of ether oxygens (including phenoxy) is 1. The molecule has 0 radical (unpaired) electrons. The quantitative estimate of drug-likeness (QED) is 0.621. The summed E-state index contributed by atoms with van der Waals surface area (Å²) < 4.78 is 5.98. The zero-order valence-corrected chi connectivity index (χ0v) is 15.4. The second-order valence-corrected chi connectivity index (χ2v) is 6.46. The Morgan fingerprint density at radius 3 is 2.96 bits per heavy atom. The van der Waals surface area contributed by atoms with E-state index in [4.69, 9.17) is 10.5 Å². The summed E-state index contributed by atoms with van der Waals surface area (Å²) in [5.74, 6) is 0.313. The first kappa shape index (κ1) is 17.7. The summed E-state index contributed by atoms with van der Waals surface area (Å²) in [7, 11) is 1.96. The number of benzene rings is 1. The fourth-order valence-corrected chi connectivity index (χ4v) is 3.10. The van der Waals surface area contributed by atoms with Gasteiger partial charge in [0.1, 0.15) is 5.75 Å². The molecule has 0 aliphatic carbocycles. The zero-order valence-electron chi connectivity index (χ0n) is 15.4. The minimum absolute atomic E-state index is 0.0572. The average molecular weight is 376 g/mol. The highest BCUT2D eigenvalue weighted by Crippen LogP contribution is 2.30. The van der Waals surface area contributed by atoms with E-state index >= 15 is 0 Å². The molecule has 8 nitrogen and oxygen atoms in total. The van der Waals surface area contributed by atoms with Gasteiger partial charge in [0, 0.05) is 25.4 Å². The molecule has 0 unspecified atom stereocenters. The van der Waals surface area contributed by atoms with E-state index in [1.54, 1.807) is 18.6 Å². The van der Waals surface area contributed by atoms with E-state index in [2.05, 4.69) is 20.3 Å². The number of nitrogen functional groups attached to an aromatic ring is 1. The number of para-hydroxylation sites is 1. The van der Waals surface area contributed by atoms with Crippen LogP contribution < -0.4 is 20.7 Å². The van der Waals surface area contributed by atoms with Gasteiger partial charge in [-0.1, -0.05) is 12.1 Å². The lowest BCUT2D eigenvalue weighted by Gasteiger charge is -2.23. The van der Waals surface area contributed by atoms with Crippen molar-refractivity contribution in [2.75, 3.05) is 36.1 Å². The molecule has 8 heteroatoms. The molecule has 0 spiro atoms. The predicted octanol–water partition coefficient (Wildman–Crippen LogP) is 2.59. The summed E-state index contributed by atoms with van der Waals surface area (Å²) >= 11 is 0. The second-order valence-electron chi connectivity index (χ2n) is 6.46. The number of hydrogen-bond donors (Lipinski definition) is 2. The standard InChI is InChI=1S/C20H20N6O2/c1-26-9-4-10-28-17-6-3-2-5-13(17)14-12-23-19(21)18(24-14)20(27)25-15-11-22-8-7-16(15)26/h2-3,5-8,11-12H,4,9-10H2,1H3,(H2,21,23)(H,25,27). The van der Waals surface area contributed by atoms with Gasteiger partial charge in [0.25, 0.3) is 5.91 Å². The Bertz CT molecular complexity index is 1020. The van der Waals surface area contributed by atoms with Crippen molar-refractivity contribution >= 4 is 23.1 Å². The molecular weight excluding hydrogens is 356 g/mol. The molecule has 28 heavy (non-hydrogen) atoms. The van der Waals surface area contributed by atoms with Crippen molar-refractivity contribution in [2.45, 2.75) is 6.42 Å². The van der Waals surface area contributed by atoms with Crippen molar-refractivity contribution in [3.8, 4) is 17.0 Å². The second kappa shape index (κ2) is 7.51. The van der Waals surface area contributed by atoms with Crippen LogP contribution in [0.4, 0.5) is 17.2 Å². The molecule has 142 valence electrons. The lowest BCUT2D eigenvalue weighted by Crippen LogP contribution is -2.24. The van der Waals surface area contributed by atoms with Gasteiger partial charge in [-0.25, -0.2) is 9.97 Å². The van der Waals surface area contributed by atoms with E-state index in [9.17, 15) is 4.79 Å². The van der Waals surface area contributed by atoms with Gasteiger partial charge >= 0.3 is 0 Å². The van der Waals surface area contributed by atoms with Crippen LogP contribution in [0.1, 0.15) is 16.9 Å². The smallest absolute Gasteiger partial charge is 0.278 e. The van der Waals surface area contributed by atoms with Gasteiger partial charge in [0.2, 0.25) is 0 Å². The van der Waals surface area contributed by atoms with Crippen LogP contribution in [0.15, 0.2) is 48.9 Å². The number of amides is 1. The Morgan fingerprint density at radius 2 is 2.07 bits per heavy atom. The Balaban J connectivity index is 1.82. The number of pyridine rings is 1. The van der Waals surface area contributed by atoms with E-state index < -0.39 is 5.91 Å². The minimum Gasteiger partial charge on any atom is -0.493 e. The first-order valence-electron chi connectivity index (χ1n) is 8.94. The normalized spacial score (nSPS) is 14.2. The van der Waals surface area contributed by atoms with Crippen molar-refractivity contribution in [3.05, 3.63) is 54.6 Å². The van der Waals surface area contributed by atoms with Crippen LogP contribution in [0, 0.1) is 0 Å². The van der Waals surface area contributed by atoms with Crippen LogP contribution in [0.2, 0.25) is 0 Å². The molecule has 1 aliphatic rings. The molecule has 0 saturated carbocycles. The van der Waals surface area contributed by atoms with Gasteiger partial charge in [-0.2, -0.15) is 0 Å². The first-order chi connectivity index (χ1) is 13.6. The zero-order chi connectivity index (χ0) is 19.5. The summed E-state index contributed by atoms with van der Waals surface area (Å²) in [5.41, 5.74) is 8.71. The number of anilines is 3. The highest BCUT2D eigenvalue weighted by atomic mass is 16.5. The van der Waals surface area contributed by atoms with Crippen LogP contribution >= 0.6 is 0 Å². The summed E-state index contributed by atoms with van der Waals surface area (Å²) in [4.78, 5) is 27.7. The van der Waals surface area contributed by atoms with Gasteiger partial charge in [-0.05, 0) is 24.6 Å². The third-order valence-corrected chi connectivity index (χ3v) is 4.53. The van der Waals surface area contributed by atoms with Crippen molar-refractivity contribution in [1.82, 2.24) is 15.0 Å². The molecule has 1 amide bonds. The van der Waals surface area contributed by atoms with Crippen LogP contribution in [0.25, 0.3) is 11.3 Å². The molecule has 3 heterocycles. The summed E-state index contributed by atoms with van der Waals surface area (Å²) in [5, 5.41) is 2.86. The molecule has 2 aromatic heterocycles. The minimum atomic E-state index is -0.440. The molecule has 1 aliphatic heterocycles. The van der Waals surface area contributed by atoms with E-state index in [1.165, 1.54) is 0 Å². The van der Waals surface area contributed by atoms with Gasteiger partial charge in [0.15, 0.2) is 11.5 Å². The Kier molecular flexibility index (Phi) is 4.76. The third kappa shape index (κ3) is 3.44. The molecule has 0 atom stereocenters. The summed E-state index contributed by atoms with van der Waals surface area (Å²) in [6.45, 7) is 1.30. The van der Waals surface area contributed by atoms with Crippen LogP contribution in [-0.4, -0.2) is 41.1 Å².